The van der Waals surface area contributed by atoms with E-state index in [0.717, 1.165) is 20.0 Å². The normalized spacial score (nSPS) is 10.4. The van der Waals surface area contributed by atoms with Crippen molar-refractivity contribution in [2.75, 3.05) is 5.75 Å². The van der Waals surface area contributed by atoms with Gasteiger partial charge in [-0.15, -0.1) is 10.2 Å². The van der Waals surface area contributed by atoms with E-state index in [9.17, 15) is 4.79 Å². The fraction of sp³-hybridized carbons (Fsp3) is 0.111. The summed E-state index contributed by atoms with van der Waals surface area (Å²) in [6.07, 6.45) is 3.34. The number of nitrogens with zero attached hydrogens (tertiary/aromatic N) is 3. The first-order chi connectivity index (χ1) is 13.2. The highest BCUT2D eigenvalue weighted by atomic mass is 32.2. The number of hydrogen-bond donors (Lipinski definition) is 2. The zero-order valence-corrected chi connectivity index (χ0v) is 16.7. The van der Waals surface area contributed by atoms with E-state index in [1.165, 1.54) is 28.7 Å². The number of amides is 1. The quantitative estimate of drug-likeness (QED) is 0.408. The second kappa shape index (κ2) is 10.1. The molecular weight excluding hydrogens is 398 g/mol. The largest absolute Gasteiger partial charge is 0.299 e. The topological polar surface area (TPSA) is 79.8 Å². The van der Waals surface area contributed by atoms with Gasteiger partial charge in [0.2, 0.25) is 5.91 Å². The van der Waals surface area contributed by atoms with Gasteiger partial charge in [-0.2, -0.15) is 0 Å². The van der Waals surface area contributed by atoms with Crippen LogP contribution >= 0.6 is 34.9 Å². The molecule has 1 aromatic carbocycles. The van der Waals surface area contributed by atoms with Crippen molar-refractivity contribution in [2.24, 2.45) is 0 Å². The smallest absolute Gasteiger partial charge is 0.248 e. The lowest BCUT2D eigenvalue weighted by molar-refractivity contribution is -0.119. The number of aromatic nitrogens is 3. The first-order valence-corrected chi connectivity index (χ1v) is 10.8. The van der Waals surface area contributed by atoms with Crippen LogP contribution in [0.5, 0.6) is 0 Å². The van der Waals surface area contributed by atoms with Crippen molar-refractivity contribution in [1.82, 2.24) is 26.0 Å². The molecule has 0 unspecified atom stereocenters. The van der Waals surface area contributed by atoms with Crippen LogP contribution in [-0.2, 0) is 10.5 Å². The highest BCUT2D eigenvalue weighted by Gasteiger charge is 2.09. The standard InChI is InChI=1S/C18H17N5OS3/c1-13(15-7-9-19-10-8-15)20-21-16(24)12-26-18-23-22-17(27-18)25-11-14-5-3-2-4-6-14/h2-10,20H,1,11-12H2,(H,21,24). The fourth-order valence-corrected chi connectivity index (χ4v) is 4.74. The predicted molar refractivity (Wildman–Crippen MR) is 111 cm³/mol. The van der Waals surface area contributed by atoms with Crippen molar-refractivity contribution in [3.05, 3.63) is 72.6 Å². The van der Waals surface area contributed by atoms with Gasteiger partial charge in [-0.05, 0) is 17.7 Å². The minimum absolute atomic E-state index is 0.163. The Morgan fingerprint density at radius 2 is 1.70 bits per heavy atom. The number of carbonyl (C=O) groups is 1. The molecule has 0 aliphatic carbocycles. The summed E-state index contributed by atoms with van der Waals surface area (Å²) in [4.78, 5) is 15.9. The maximum atomic E-state index is 12.0. The molecule has 6 nitrogen and oxygen atoms in total. The molecule has 0 saturated heterocycles. The van der Waals surface area contributed by atoms with Gasteiger partial charge in [0.25, 0.3) is 0 Å². The van der Waals surface area contributed by atoms with Crippen molar-refractivity contribution in [3.63, 3.8) is 0 Å². The van der Waals surface area contributed by atoms with Crippen molar-refractivity contribution in [2.45, 2.75) is 14.4 Å². The average molecular weight is 416 g/mol. The van der Waals surface area contributed by atoms with E-state index in [1.54, 1.807) is 24.2 Å². The van der Waals surface area contributed by atoms with Gasteiger partial charge in [0.15, 0.2) is 8.68 Å². The molecule has 3 rings (SSSR count). The summed E-state index contributed by atoms with van der Waals surface area (Å²) in [7, 11) is 0. The summed E-state index contributed by atoms with van der Waals surface area (Å²) >= 11 is 4.49. The van der Waals surface area contributed by atoms with Gasteiger partial charge >= 0.3 is 0 Å². The number of benzene rings is 1. The summed E-state index contributed by atoms with van der Waals surface area (Å²) in [5.41, 5.74) is 8.14. The van der Waals surface area contributed by atoms with Crippen LogP contribution in [0.15, 0.2) is 70.1 Å². The Morgan fingerprint density at radius 3 is 2.44 bits per heavy atom. The van der Waals surface area contributed by atoms with Crippen molar-refractivity contribution < 1.29 is 4.79 Å². The van der Waals surface area contributed by atoms with Crippen LogP contribution in [0.25, 0.3) is 5.70 Å². The zero-order valence-electron chi connectivity index (χ0n) is 14.3. The lowest BCUT2D eigenvalue weighted by Crippen LogP contribution is -2.37. The number of carbonyl (C=O) groups excluding carboxylic acids is 1. The summed E-state index contributed by atoms with van der Waals surface area (Å²) in [6, 6.07) is 13.8. The minimum atomic E-state index is -0.163. The van der Waals surface area contributed by atoms with Gasteiger partial charge in [-0.25, -0.2) is 0 Å². The van der Waals surface area contributed by atoms with E-state index >= 15 is 0 Å². The maximum Gasteiger partial charge on any atom is 0.248 e. The van der Waals surface area contributed by atoms with Gasteiger partial charge in [0.1, 0.15) is 0 Å². The molecule has 0 fully saturated rings. The van der Waals surface area contributed by atoms with Gasteiger partial charge in [0, 0.05) is 23.7 Å². The Kier molecular flexibility index (Phi) is 7.26. The molecule has 0 aliphatic rings. The molecule has 0 spiro atoms. The number of thioether (sulfide) groups is 2. The zero-order chi connectivity index (χ0) is 18.9. The highest BCUT2D eigenvalue weighted by Crippen LogP contribution is 2.30. The molecular formula is C18H17N5OS3. The number of rotatable bonds is 9. The van der Waals surface area contributed by atoms with E-state index in [1.807, 2.05) is 30.3 Å². The molecule has 2 heterocycles. The molecule has 2 aromatic heterocycles. The summed E-state index contributed by atoms with van der Waals surface area (Å²) in [6.45, 7) is 3.88. The van der Waals surface area contributed by atoms with Gasteiger partial charge in [-0.1, -0.05) is 71.8 Å². The maximum absolute atomic E-state index is 12.0. The van der Waals surface area contributed by atoms with Crippen LogP contribution in [-0.4, -0.2) is 26.8 Å². The Bertz CT molecular complexity index is 886. The minimum Gasteiger partial charge on any atom is -0.299 e. The predicted octanol–water partition coefficient (Wildman–Crippen LogP) is 3.61. The molecule has 3 aromatic rings. The molecule has 0 radical (unpaired) electrons. The summed E-state index contributed by atoms with van der Waals surface area (Å²) in [5, 5.41) is 8.30. The van der Waals surface area contributed by atoms with E-state index in [0.29, 0.717) is 5.70 Å². The molecule has 0 aliphatic heterocycles. The second-order valence-corrected chi connectivity index (χ2v) is 8.71. The van der Waals surface area contributed by atoms with Gasteiger partial charge < -0.3 is 0 Å². The molecule has 138 valence electrons. The molecule has 2 N–H and O–H groups in total. The molecule has 1 amide bonds. The number of hydrogen-bond acceptors (Lipinski definition) is 8. The monoisotopic (exact) mass is 415 g/mol. The van der Waals surface area contributed by atoms with E-state index in [4.69, 9.17) is 0 Å². The first-order valence-electron chi connectivity index (χ1n) is 7.98. The van der Waals surface area contributed by atoms with Crippen LogP contribution in [0.1, 0.15) is 11.1 Å². The van der Waals surface area contributed by atoms with Crippen LogP contribution in [0.3, 0.4) is 0 Å². The van der Waals surface area contributed by atoms with E-state index in [2.05, 4.69) is 44.7 Å². The second-order valence-electron chi connectivity index (χ2n) is 5.28. The Balaban J connectivity index is 1.39. The van der Waals surface area contributed by atoms with Crippen molar-refractivity contribution in [3.8, 4) is 0 Å². The third-order valence-corrected chi connectivity index (χ3v) is 6.56. The number of pyridine rings is 1. The SMILES string of the molecule is C=C(NNC(=O)CSc1nnc(SCc2ccccc2)s1)c1ccncc1. The highest BCUT2D eigenvalue weighted by molar-refractivity contribution is 8.03. The van der Waals surface area contributed by atoms with Crippen molar-refractivity contribution >= 4 is 46.5 Å². The van der Waals surface area contributed by atoms with Gasteiger partial charge in [0.05, 0.1) is 11.4 Å². The molecule has 27 heavy (non-hydrogen) atoms. The summed E-state index contributed by atoms with van der Waals surface area (Å²) < 4.78 is 1.67. The fourth-order valence-electron chi connectivity index (χ4n) is 1.97. The summed E-state index contributed by atoms with van der Waals surface area (Å²) in [5.74, 6) is 0.930. The van der Waals surface area contributed by atoms with Crippen LogP contribution in [0, 0.1) is 0 Å². The third kappa shape index (κ3) is 6.38. The lowest BCUT2D eigenvalue weighted by atomic mass is 10.2. The lowest BCUT2D eigenvalue weighted by Gasteiger charge is -2.10. The van der Waals surface area contributed by atoms with Crippen LogP contribution in [0.4, 0.5) is 0 Å². The van der Waals surface area contributed by atoms with Crippen LogP contribution in [0.2, 0.25) is 0 Å². The average Bonchev–Trinajstić information content (AvgIpc) is 3.18. The molecule has 0 atom stereocenters. The Labute approximate surface area is 169 Å². The Morgan fingerprint density at radius 1 is 1.00 bits per heavy atom. The Hall–Kier alpha value is -2.36. The molecule has 0 saturated carbocycles. The molecule has 0 bridgehead atoms. The number of nitrogens with one attached hydrogen (secondary N) is 2. The third-order valence-electron chi connectivity index (χ3n) is 3.30. The van der Waals surface area contributed by atoms with E-state index < -0.39 is 0 Å². The van der Waals surface area contributed by atoms with Crippen LogP contribution < -0.4 is 10.9 Å². The van der Waals surface area contributed by atoms with Crippen molar-refractivity contribution in [1.29, 1.82) is 0 Å². The van der Waals surface area contributed by atoms with E-state index in [-0.39, 0.29) is 11.7 Å². The number of hydrazine groups is 1. The van der Waals surface area contributed by atoms with Gasteiger partial charge in [-0.3, -0.25) is 20.6 Å². The molecule has 9 heteroatoms. The first kappa shape index (κ1) is 19.4.